The number of hydrogen-bond donors (Lipinski definition) is 2. The van der Waals surface area contributed by atoms with E-state index in [0.717, 1.165) is 18.1 Å². The van der Waals surface area contributed by atoms with Gasteiger partial charge in [0.2, 0.25) is 5.91 Å². The van der Waals surface area contributed by atoms with Crippen molar-refractivity contribution >= 4 is 23.6 Å². The molecule has 106 valence electrons. The van der Waals surface area contributed by atoms with E-state index in [1.165, 1.54) is 6.08 Å². The van der Waals surface area contributed by atoms with Crippen molar-refractivity contribution in [3.8, 4) is 0 Å². The number of anilines is 1. The van der Waals surface area contributed by atoms with Gasteiger partial charge in [-0.25, -0.2) is 4.79 Å². The molecule has 0 saturated carbocycles. The van der Waals surface area contributed by atoms with Gasteiger partial charge in [0, 0.05) is 18.4 Å². The van der Waals surface area contributed by atoms with Gasteiger partial charge in [0.15, 0.2) is 0 Å². The van der Waals surface area contributed by atoms with E-state index >= 15 is 0 Å². The second-order valence-corrected chi connectivity index (χ2v) is 4.75. The Morgan fingerprint density at radius 3 is 2.60 bits per heavy atom. The molecule has 0 spiro atoms. The fraction of sp³-hybridized carbons (Fsp3) is 0.333. The summed E-state index contributed by atoms with van der Waals surface area (Å²) in [7, 11) is 0. The quantitative estimate of drug-likeness (QED) is 0.825. The Kier molecular flexibility index (Phi) is 4.53. The molecule has 1 amide bonds. The highest BCUT2D eigenvalue weighted by atomic mass is 16.5. The minimum atomic E-state index is -0.988. The smallest absolute Gasteiger partial charge is 0.328 e. The molecule has 5 heteroatoms. The van der Waals surface area contributed by atoms with Crippen LogP contribution in [0.1, 0.15) is 18.9 Å². The first kappa shape index (κ1) is 14.3. The lowest BCUT2D eigenvalue weighted by Crippen LogP contribution is -2.27. The zero-order valence-corrected chi connectivity index (χ0v) is 11.2. The third-order valence-electron chi connectivity index (χ3n) is 3.31. The Bertz CT molecular complexity index is 521. The van der Waals surface area contributed by atoms with Crippen molar-refractivity contribution in [1.82, 2.24) is 0 Å². The van der Waals surface area contributed by atoms with E-state index in [-0.39, 0.29) is 17.9 Å². The third kappa shape index (κ3) is 3.68. The van der Waals surface area contributed by atoms with Gasteiger partial charge in [-0.2, -0.15) is 0 Å². The molecule has 0 bridgehead atoms. The summed E-state index contributed by atoms with van der Waals surface area (Å²) in [6.07, 6.45) is 3.27. The van der Waals surface area contributed by atoms with Crippen LogP contribution in [0, 0.1) is 5.92 Å². The van der Waals surface area contributed by atoms with E-state index < -0.39 is 5.97 Å². The summed E-state index contributed by atoms with van der Waals surface area (Å²) >= 11 is 0. The van der Waals surface area contributed by atoms with E-state index in [2.05, 4.69) is 5.32 Å². The summed E-state index contributed by atoms with van der Waals surface area (Å²) in [6.45, 7) is 2.52. The van der Waals surface area contributed by atoms with Crippen LogP contribution in [0.5, 0.6) is 0 Å². The molecule has 1 aromatic rings. The topological polar surface area (TPSA) is 75.6 Å². The molecule has 20 heavy (non-hydrogen) atoms. The summed E-state index contributed by atoms with van der Waals surface area (Å²) in [5.74, 6) is -1.14. The molecule has 5 nitrogen and oxygen atoms in total. The van der Waals surface area contributed by atoms with Crippen LogP contribution in [0.15, 0.2) is 30.3 Å². The van der Waals surface area contributed by atoms with Gasteiger partial charge in [-0.1, -0.05) is 12.1 Å². The van der Waals surface area contributed by atoms with Gasteiger partial charge in [-0.3, -0.25) is 4.79 Å². The monoisotopic (exact) mass is 275 g/mol. The van der Waals surface area contributed by atoms with E-state index in [4.69, 9.17) is 9.84 Å². The van der Waals surface area contributed by atoms with Crippen molar-refractivity contribution in [2.24, 2.45) is 5.92 Å². The van der Waals surface area contributed by atoms with E-state index in [0.29, 0.717) is 12.3 Å². The third-order valence-corrected chi connectivity index (χ3v) is 3.31. The van der Waals surface area contributed by atoms with Crippen LogP contribution >= 0.6 is 0 Å². The highest BCUT2D eigenvalue weighted by molar-refractivity contribution is 5.93. The second kappa shape index (κ2) is 6.34. The first-order valence-electron chi connectivity index (χ1n) is 6.50. The molecule has 2 N–H and O–H groups in total. The Hall–Kier alpha value is -2.14. The van der Waals surface area contributed by atoms with E-state index in [9.17, 15) is 9.59 Å². The predicted molar refractivity (Wildman–Crippen MR) is 75.3 cm³/mol. The van der Waals surface area contributed by atoms with Gasteiger partial charge >= 0.3 is 5.97 Å². The maximum absolute atomic E-state index is 12.0. The van der Waals surface area contributed by atoms with Crippen LogP contribution in [-0.4, -0.2) is 29.7 Å². The van der Waals surface area contributed by atoms with Crippen LogP contribution in [0.2, 0.25) is 0 Å². The Morgan fingerprint density at radius 2 is 2.05 bits per heavy atom. The number of amides is 1. The summed E-state index contributed by atoms with van der Waals surface area (Å²) in [6, 6.07) is 7.01. The SMILES string of the molecule is CC1OCCC1C(=O)Nc1ccc(C=CC(=O)O)cc1. The average molecular weight is 275 g/mol. The molecule has 1 aliphatic rings. The van der Waals surface area contributed by atoms with Crippen LogP contribution in [0.4, 0.5) is 5.69 Å². The van der Waals surface area contributed by atoms with Gasteiger partial charge in [0.1, 0.15) is 0 Å². The molecule has 0 radical (unpaired) electrons. The van der Waals surface area contributed by atoms with Gasteiger partial charge in [0.05, 0.1) is 12.0 Å². The largest absolute Gasteiger partial charge is 0.478 e. The van der Waals surface area contributed by atoms with Gasteiger partial charge in [0.25, 0.3) is 0 Å². The molecule has 1 aromatic carbocycles. The lowest BCUT2D eigenvalue weighted by atomic mass is 10.0. The molecule has 1 fully saturated rings. The summed E-state index contributed by atoms with van der Waals surface area (Å²) < 4.78 is 5.37. The number of rotatable bonds is 4. The zero-order chi connectivity index (χ0) is 14.5. The number of hydrogen-bond acceptors (Lipinski definition) is 3. The molecule has 2 atom stereocenters. The first-order chi connectivity index (χ1) is 9.56. The summed E-state index contributed by atoms with van der Waals surface area (Å²) in [4.78, 5) is 22.4. The van der Waals surface area contributed by atoms with Crippen LogP contribution < -0.4 is 5.32 Å². The molecule has 2 unspecified atom stereocenters. The van der Waals surface area contributed by atoms with Crippen molar-refractivity contribution in [3.05, 3.63) is 35.9 Å². The molecule has 0 aromatic heterocycles. The molecule has 2 rings (SSSR count). The second-order valence-electron chi connectivity index (χ2n) is 4.75. The maximum atomic E-state index is 12.0. The number of carbonyl (C=O) groups is 2. The highest BCUT2D eigenvalue weighted by Crippen LogP contribution is 2.22. The normalized spacial score (nSPS) is 22.1. The van der Waals surface area contributed by atoms with Crippen LogP contribution in [-0.2, 0) is 14.3 Å². The summed E-state index contributed by atoms with van der Waals surface area (Å²) in [5, 5.41) is 11.4. The lowest BCUT2D eigenvalue weighted by Gasteiger charge is -2.14. The standard InChI is InChI=1S/C15H17NO4/c1-10-13(8-9-20-10)15(19)16-12-5-2-11(3-6-12)4-7-14(17)18/h2-7,10,13H,8-9H2,1H3,(H,16,19)(H,17,18). The molecular formula is C15H17NO4. The van der Waals surface area contributed by atoms with Gasteiger partial charge in [-0.05, 0) is 37.1 Å². The number of aliphatic carboxylic acids is 1. The Morgan fingerprint density at radius 1 is 1.35 bits per heavy atom. The maximum Gasteiger partial charge on any atom is 0.328 e. The number of nitrogens with one attached hydrogen (secondary N) is 1. The number of carbonyl (C=O) groups excluding carboxylic acids is 1. The number of carboxylic acid groups (broad SMARTS) is 1. The fourth-order valence-corrected chi connectivity index (χ4v) is 2.16. The number of ether oxygens (including phenoxy) is 1. The van der Waals surface area contributed by atoms with E-state index in [1.807, 2.05) is 6.92 Å². The predicted octanol–water partition coefficient (Wildman–Crippen LogP) is 2.15. The van der Waals surface area contributed by atoms with Crippen molar-refractivity contribution in [3.63, 3.8) is 0 Å². The minimum Gasteiger partial charge on any atom is -0.478 e. The molecule has 0 aliphatic carbocycles. The highest BCUT2D eigenvalue weighted by Gasteiger charge is 2.30. The van der Waals surface area contributed by atoms with Crippen LogP contribution in [0.3, 0.4) is 0 Å². The molecule has 1 heterocycles. The number of carboxylic acids is 1. The Balaban J connectivity index is 1.96. The van der Waals surface area contributed by atoms with Gasteiger partial charge < -0.3 is 15.2 Å². The summed E-state index contributed by atoms with van der Waals surface area (Å²) in [5.41, 5.74) is 1.46. The van der Waals surface area contributed by atoms with Crippen molar-refractivity contribution < 1.29 is 19.4 Å². The average Bonchev–Trinajstić information content (AvgIpc) is 2.84. The lowest BCUT2D eigenvalue weighted by molar-refractivity contribution is -0.131. The molecule has 1 aliphatic heterocycles. The van der Waals surface area contributed by atoms with Crippen molar-refractivity contribution in [2.45, 2.75) is 19.4 Å². The minimum absolute atomic E-state index is 0.0381. The number of benzene rings is 1. The van der Waals surface area contributed by atoms with Gasteiger partial charge in [-0.15, -0.1) is 0 Å². The fourth-order valence-electron chi connectivity index (χ4n) is 2.16. The molecular weight excluding hydrogens is 258 g/mol. The molecule has 1 saturated heterocycles. The first-order valence-corrected chi connectivity index (χ1v) is 6.50. The van der Waals surface area contributed by atoms with Crippen molar-refractivity contribution in [2.75, 3.05) is 11.9 Å². The Labute approximate surface area is 117 Å². The van der Waals surface area contributed by atoms with Crippen molar-refractivity contribution in [1.29, 1.82) is 0 Å². The van der Waals surface area contributed by atoms with Crippen LogP contribution in [0.25, 0.3) is 6.08 Å². The van der Waals surface area contributed by atoms with E-state index in [1.54, 1.807) is 24.3 Å². The zero-order valence-electron chi connectivity index (χ0n) is 11.2.